The van der Waals surface area contributed by atoms with Crippen molar-refractivity contribution in [2.45, 2.75) is 18.8 Å². The lowest BCUT2D eigenvalue weighted by Crippen LogP contribution is -2.70. The third-order valence-electron chi connectivity index (χ3n) is 3.07. The molecule has 2 saturated heterocycles. The molecule has 0 aromatic heterocycles. The number of Topliss-reactive ketones (excluding diaryl/α,β-unsaturated/α-hetero) is 1. The summed E-state index contributed by atoms with van der Waals surface area (Å²) < 4.78 is 0. The SMILES string of the molecule is CN1C(=O)C2C(=O)CC(N)NC2N(C)C1=O. The Morgan fingerprint density at radius 2 is 1.94 bits per heavy atom. The molecule has 2 aliphatic rings. The van der Waals surface area contributed by atoms with Crippen LogP contribution in [0.4, 0.5) is 4.79 Å². The van der Waals surface area contributed by atoms with E-state index in [4.69, 9.17) is 5.73 Å². The van der Waals surface area contributed by atoms with Crippen LogP contribution in [-0.2, 0) is 9.59 Å². The Balaban J connectivity index is 2.35. The van der Waals surface area contributed by atoms with Crippen molar-refractivity contribution < 1.29 is 14.4 Å². The molecular formula is C9H14N4O3. The zero-order valence-electron chi connectivity index (χ0n) is 9.14. The molecule has 7 heteroatoms. The number of rotatable bonds is 0. The highest BCUT2D eigenvalue weighted by molar-refractivity contribution is 6.10. The van der Waals surface area contributed by atoms with Crippen LogP contribution >= 0.6 is 0 Å². The maximum Gasteiger partial charge on any atom is 0.327 e. The molecule has 16 heavy (non-hydrogen) atoms. The van der Waals surface area contributed by atoms with Gasteiger partial charge < -0.3 is 10.6 Å². The van der Waals surface area contributed by atoms with Crippen LogP contribution in [0.25, 0.3) is 0 Å². The van der Waals surface area contributed by atoms with E-state index in [1.54, 1.807) is 7.05 Å². The number of carbonyl (C=O) groups excluding carboxylic acids is 3. The fourth-order valence-corrected chi connectivity index (χ4v) is 2.16. The zero-order valence-corrected chi connectivity index (χ0v) is 9.14. The normalized spacial score (nSPS) is 35.4. The molecule has 0 radical (unpaired) electrons. The molecular weight excluding hydrogens is 212 g/mol. The van der Waals surface area contributed by atoms with Crippen molar-refractivity contribution in [3.63, 3.8) is 0 Å². The van der Waals surface area contributed by atoms with Gasteiger partial charge in [-0.25, -0.2) is 4.79 Å². The molecule has 0 aliphatic carbocycles. The average Bonchev–Trinajstić information content (AvgIpc) is 2.22. The number of nitrogens with zero attached hydrogens (tertiary/aromatic N) is 2. The van der Waals surface area contributed by atoms with E-state index < -0.39 is 30.2 Å². The number of urea groups is 1. The van der Waals surface area contributed by atoms with Gasteiger partial charge in [0.25, 0.3) is 0 Å². The van der Waals surface area contributed by atoms with Gasteiger partial charge in [0.1, 0.15) is 12.1 Å². The van der Waals surface area contributed by atoms with Crippen LogP contribution in [0.2, 0.25) is 0 Å². The number of fused-ring (bicyclic) bond motifs is 1. The largest absolute Gasteiger partial charge is 0.327 e. The summed E-state index contributed by atoms with van der Waals surface area (Å²) in [4.78, 5) is 37.5. The highest BCUT2D eigenvalue weighted by atomic mass is 16.2. The predicted molar refractivity (Wildman–Crippen MR) is 53.9 cm³/mol. The van der Waals surface area contributed by atoms with Crippen molar-refractivity contribution in [1.82, 2.24) is 15.1 Å². The fraction of sp³-hybridized carbons (Fsp3) is 0.667. The number of nitrogens with two attached hydrogens (primary N) is 1. The van der Waals surface area contributed by atoms with Gasteiger partial charge in [-0.1, -0.05) is 0 Å². The molecule has 7 nitrogen and oxygen atoms in total. The first-order valence-electron chi connectivity index (χ1n) is 5.02. The molecule has 0 saturated carbocycles. The Morgan fingerprint density at radius 1 is 1.31 bits per heavy atom. The van der Waals surface area contributed by atoms with Crippen LogP contribution in [0.15, 0.2) is 0 Å². The standard InChI is InChI=1S/C9H14N4O3/c1-12-7-6(4(14)3-5(10)11-7)8(15)13(2)9(12)16/h5-7,11H,3,10H2,1-2H3. The molecule has 88 valence electrons. The summed E-state index contributed by atoms with van der Waals surface area (Å²) in [5.41, 5.74) is 5.63. The number of amides is 3. The minimum absolute atomic E-state index is 0.114. The molecule has 0 spiro atoms. The van der Waals surface area contributed by atoms with E-state index in [9.17, 15) is 14.4 Å². The minimum atomic E-state index is -0.826. The molecule has 2 rings (SSSR count). The third kappa shape index (κ3) is 1.40. The zero-order chi connectivity index (χ0) is 12.0. The van der Waals surface area contributed by atoms with E-state index in [0.717, 1.165) is 4.90 Å². The van der Waals surface area contributed by atoms with Gasteiger partial charge in [0, 0.05) is 20.5 Å². The van der Waals surface area contributed by atoms with Crippen LogP contribution in [0.3, 0.4) is 0 Å². The molecule has 2 aliphatic heterocycles. The molecule has 3 N–H and O–H groups in total. The highest BCUT2D eigenvalue weighted by Crippen LogP contribution is 2.24. The smallest absolute Gasteiger partial charge is 0.315 e. The van der Waals surface area contributed by atoms with Crippen molar-refractivity contribution >= 4 is 17.7 Å². The quantitative estimate of drug-likeness (QED) is 0.480. The number of hydrogen-bond acceptors (Lipinski definition) is 5. The van der Waals surface area contributed by atoms with Crippen LogP contribution in [0, 0.1) is 5.92 Å². The molecule has 3 atom stereocenters. The lowest BCUT2D eigenvalue weighted by atomic mass is 9.89. The van der Waals surface area contributed by atoms with Gasteiger partial charge in [0.05, 0.1) is 6.17 Å². The van der Waals surface area contributed by atoms with E-state index >= 15 is 0 Å². The van der Waals surface area contributed by atoms with Crippen LogP contribution in [0.5, 0.6) is 0 Å². The lowest BCUT2D eigenvalue weighted by Gasteiger charge is -2.45. The first-order valence-corrected chi connectivity index (χ1v) is 5.02. The summed E-state index contributed by atoms with van der Waals surface area (Å²) in [6.45, 7) is 0. The number of carbonyl (C=O) groups is 3. The summed E-state index contributed by atoms with van der Waals surface area (Å²) in [7, 11) is 2.92. The third-order valence-corrected chi connectivity index (χ3v) is 3.07. The molecule has 2 heterocycles. The Hall–Kier alpha value is -1.47. The van der Waals surface area contributed by atoms with Gasteiger partial charge >= 0.3 is 6.03 Å². The summed E-state index contributed by atoms with van der Waals surface area (Å²) in [5, 5.41) is 2.89. The Labute approximate surface area is 92.5 Å². The van der Waals surface area contributed by atoms with Gasteiger partial charge in [0.15, 0.2) is 5.78 Å². The minimum Gasteiger partial charge on any atom is -0.315 e. The van der Waals surface area contributed by atoms with Gasteiger partial charge in [-0.2, -0.15) is 0 Å². The number of nitrogens with one attached hydrogen (secondary N) is 1. The number of ketones is 1. The second-order valence-corrected chi connectivity index (χ2v) is 4.16. The number of imide groups is 1. The predicted octanol–water partition coefficient (Wildman–Crippen LogP) is -1.70. The molecule has 2 fully saturated rings. The summed E-state index contributed by atoms with van der Waals surface area (Å²) in [6, 6.07) is -0.430. The highest BCUT2D eigenvalue weighted by Gasteiger charge is 2.49. The van der Waals surface area contributed by atoms with E-state index in [2.05, 4.69) is 5.32 Å². The Bertz CT molecular complexity index is 370. The summed E-state index contributed by atoms with van der Waals surface area (Å²) in [5.74, 6) is -1.50. The first-order chi connectivity index (χ1) is 7.43. The Kier molecular flexibility index (Phi) is 2.43. The first kappa shape index (κ1) is 11.0. The second kappa shape index (κ2) is 3.53. The maximum absolute atomic E-state index is 11.8. The average molecular weight is 226 g/mol. The monoisotopic (exact) mass is 226 g/mol. The lowest BCUT2D eigenvalue weighted by molar-refractivity contribution is -0.147. The number of piperidine rings is 1. The second-order valence-electron chi connectivity index (χ2n) is 4.16. The summed E-state index contributed by atoms with van der Waals surface area (Å²) >= 11 is 0. The molecule has 0 aromatic rings. The maximum atomic E-state index is 11.8. The van der Waals surface area contributed by atoms with Gasteiger partial charge in [-0.3, -0.25) is 19.8 Å². The van der Waals surface area contributed by atoms with E-state index in [-0.39, 0.29) is 12.2 Å². The molecule has 0 aromatic carbocycles. The number of hydrogen-bond donors (Lipinski definition) is 2. The topological polar surface area (TPSA) is 95.7 Å². The van der Waals surface area contributed by atoms with E-state index in [0.29, 0.717) is 0 Å². The van der Waals surface area contributed by atoms with Crippen molar-refractivity contribution in [3.8, 4) is 0 Å². The molecule has 3 unspecified atom stereocenters. The van der Waals surface area contributed by atoms with Crippen LogP contribution in [0.1, 0.15) is 6.42 Å². The molecule has 3 amide bonds. The van der Waals surface area contributed by atoms with Crippen molar-refractivity contribution in [2.75, 3.05) is 14.1 Å². The van der Waals surface area contributed by atoms with Gasteiger partial charge in [-0.05, 0) is 0 Å². The Morgan fingerprint density at radius 3 is 2.56 bits per heavy atom. The van der Waals surface area contributed by atoms with Gasteiger partial charge in [0.2, 0.25) is 5.91 Å². The fourth-order valence-electron chi connectivity index (χ4n) is 2.16. The van der Waals surface area contributed by atoms with Crippen LogP contribution < -0.4 is 11.1 Å². The van der Waals surface area contributed by atoms with Gasteiger partial charge in [-0.15, -0.1) is 0 Å². The molecule has 0 bridgehead atoms. The van der Waals surface area contributed by atoms with Crippen molar-refractivity contribution in [1.29, 1.82) is 0 Å². The van der Waals surface area contributed by atoms with E-state index in [1.807, 2.05) is 0 Å². The van der Waals surface area contributed by atoms with E-state index in [1.165, 1.54) is 11.9 Å². The van der Waals surface area contributed by atoms with Crippen LogP contribution in [-0.4, -0.2) is 53.9 Å². The summed E-state index contributed by atoms with van der Waals surface area (Å²) in [6.07, 6.45) is -1.00. The van der Waals surface area contributed by atoms with Crippen molar-refractivity contribution in [2.24, 2.45) is 11.7 Å². The van der Waals surface area contributed by atoms with Crippen molar-refractivity contribution in [3.05, 3.63) is 0 Å².